The summed E-state index contributed by atoms with van der Waals surface area (Å²) >= 11 is 1.87. The number of hydrogen-bond donors (Lipinski definition) is 2. The Morgan fingerprint density at radius 2 is 2.00 bits per heavy atom. The van der Waals surface area contributed by atoms with E-state index < -0.39 is 0 Å². The molecule has 0 amide bonds. The standard InChI is InChI=1S/C15H25NOS/c1-4-11-5-6-12(18-11)9-15(10-16)8-7-14(2,3)13(15)17/h5-6,13,17H,4,7-10,16H2,1-3H3. The zero-order valence-electron chi connectivity index (χ0n) is 11.7. The highest BCUT2D eigenvalue weighted by atomic mass is 32.1. The topological polar surface area (TPSA) is 46.2 Å². The monoisotopic (exact) mass is 267 g/mol. The number of aliphatic hydroxyl groups is 1. The Labute approximate surface area is 114 Å². The Morgan fingerprint density at radius 3 is 2.44 bits per heavy atom. The van der Waals surface area contributed by atoms with Gasteiger partial charge in [-0.25, -0.2) is 0 Å². The van der Waals surface area contributed by atoms with E-state index in [1.54, 1.807) is 0 Å². The van der Waals surface area contributed by atoms with E-state index >= 15 is 0 Å². The third-order valence-electron chi connectivity index (χ3n) is 4.59. The van der Waals surface area contributed by atoms with Crippen LogP contribution < -0.4 is 5.73 Å². The SMILES string of the molecule is CCc1ccc(CC2(CN)CCC(C)(C)C2O)s1. The van der Waals surface area contributed by atoms with Gasteiger partial charge in [0.15, 0.2) is 0 Å². The van der Waals surface area contributed by atoms with Crippen molar-refractivity contribution in [2.24, 2.45) is 16.6 Å². The summed E-state index contributed by atoms with van der Waals surface area (Å²) in [5.41, 5.74) is 5.90. The minimum Gasteiger partial charge on any atom is -0.392 e. The molecule has 0 aliphatic heterocycles. The second-order valence-electron chi connectivity index (χ2n) is 6.36. The summed E-state index contributed by atoms with van der Waals surface area (Å²) in [6.45, 7) is 7.07. The summed E-state index contributed by atoms with van der Waals surface area (Å²) in [6.07, 6.45) is 3.84. The van der Waals surface area contributed by atoms with Gasteiger partial charge in [-0.15, -0.1) is 11.3 Å². The zero-order valence-corrected chi connectivity index (χ0v) is 12.5. The van der Waals surface area contributed by atoms with E-state index in [0.29, 0.717) is 6.54 Å². The van der Waals surface area contributed by atoms with Crippen LogP contribution in [0.2, 0.25) is 0 Å². The minimum atomic E-state index is -0.290. The van der Waals surface area contributed by atoms with Gasteiger partial charge in [0.2, 0.25) is 0 Å². The number of aryl methyl sites for hydroxylation is 1. The minimum absolute atomic E-state index is 0.00418. The summed E-state index contributed by atoms with van der Waals surface area (Å²) in [5.74, 6) is 0. The molecular weight excluding hydrogens is 242 g/mol. The highest BCUT2D eigenvalue weighted by molar-refractivity contribution is 7.11. The summed E-state index contributed by atoms with van der Waals surface area (Å²) in [5, 5.41) is 10.6. The molecule has 1 heterocycles. The maximum atomic E-state index is 10.6. The molecule has 1 fully saturated rings. The quantitative estimate of drug-likeness (QED) is 0.881. The van der Waals surface area contributed by atoms with Crippen molar-refractivity contribution in [3.8, 4) is 0 Å². The average Bonchev–Trinajstić information content (AvgIpc) is 2.88. The van der Waals surface area contributed by atoms with Gasteiger partial charge in [-0.05, 0) is 43.2 Å². The van der Waals surface area contributed by atoms with Crippen LogP contribution in [0.1, 0.15) is 43.4 Å². The van der Waals surface area contributed by atoms with E-state index in [1.807, 2.05) is 11.3 Å². The fourth-order valence-corrected chi connectivity index (χ4v) is 4.31. The van der Waals surface area contributed by atoms with E-state index in [1.165, 1.54) is 9.75 Å². The molecule has 2 atom stereocenters. The van der Waals surface area contributed by atoms with Crippen LogP contribution in [0.3, 0.4) is 0 Å². The third-order valence-corrected chi connectivity index (χ3v) is 5.82. The summed E-state index contributed by atoms with van der Waals surface area (Å²) in [7, 11) is 0. The van der Waals surface area contributed by atoms with Crippen LogP contribution in [0, 0.1) is 10.8 Å². The lowest BCUT2D eigenvalue weighted by atomic mass is 9.75. The predicted octanol–water partition coefficient (Wildman–Crippen LogP) is 2.98. The van der Waals surface area contributed by atoms with Gasteiger partial charge in [-0.1, -0.05) is 20.8 Å². The Hall–Kier alpha value is -0.380. The largest absolute Gasteiger partial charge is 0.392 e. The molecule has 0 bridgehead atoms. The fraction of sp³-hybridized carbons (Fsp3) is 0.733. The summed E-state index contributed by atoms with van der Waals surface area (Å²) < 4.78 is 0. The van der Waals surface area contributed by atoms with Gasteiger partial charge in [0.05, 0.1) is 6.10 Å². The van der Waals surface area contributed by atoms with E-state index in [0.717, 1.165) is 25.7 Å². The molecular formula is C15H25NOS. The Kier molecular flexibility index (Phi) is 3.86. The number of aliphatic hydroxyl groups excluding tert-OH is 1. The van der Waals surface area contributed by atoms with Gasteiger partial charge in [0.25, 0.3) is 0 Å². The average molecular weight is 267 g/mol. The van der Waals surface area contributed by atoms with E-state index in [-0.39, 0.29) is 16.9 Å². The van der Waals surface area contributed by atoms with Crippen LogP contribution in [0.15, 0.2) is 12.1 Å². The molecule has 0 spiro atoms. The number of rotatable bonds is 4. The molecule has 1 saturated carbocycles. The normalized spacial score (nSPS) is 30.8. The number of thiophene rings is 1. The molecule has 102 valence electrons. The molecule has 0 radical (unpaired) electrons. The van der Waals surface area contributed by atoms with Crippen molar-refractivity contribution in [3.05, 3.63) is 21.9 Å². The Balaban J connectivity index is 2.19. The summed E-state index contributed by atoms with van der Waals surface area (Å²) in [4.78, 5) is 2.79. The van der Waals surface area contributed by atoms with Gasteiger partial charge < -0.3 is 10.8 Å². The van der Waals surface area contributed by atoms with Crippen LogP contribution in [0.25, 0.3) is 0 Å². The first kappa shape index (κ1) is 14.0. The smallest absolute Gasteiger partial charge is 0.0662 e. The van der Waals surface area contributed by atoms with E-state index in [4.69, 9.17) is 5.73 Å². The second kappa shape index (κ2) is 4.95. The molecule has 1 aromatic rings. The zero-order chi connectivity index (χ0) is 13.4. The van der Waals surface area contributed by atoms with E-state index in [9.17, 15) is 5.11 Å². The summed E-state index contributed by atoms with van der Waals surface area (Å²) in [6, 6.07) is 4.41. The predicted molar refractivity (Wildman–Crippen MR) is 77.9 cm³/mol. The molecule has 2 nitrogen and oxygen atoms in total. The molecule has 3 N–H and O–H groups in total. The van der Waals surface area contributed by atoms with Crippen molar-refractivity contribution >= 4 is 11.3 Å². The maximum Gasteiger partial charge on any atom is 0.0662 e. The first-order chi connectivity index (χ1) is 8.43. The second-order valence-corrected chi connectivity index (χ2v) is 7.61. The highest BCUT2D eigenvalue weighted by Crippen LogP contribution is 2.50. The lowest BCUT2D eigenvalue weighted by Crippen LogP contribution is -2.44. The van der Waals surface area contributed by atoms with Gasteiger partial charge in [0, 0.05) is 21.7 Å². The maximum absolute atomic E-state index is 10.6. The van der Waals surface area contributed by atoms with Crippen molar-refractivity contribution in [2.75, 3.05) is 6.54 Å². The lowest BCUT2D eigenvalue weighted by Gasteiger charge is -2.35. The molecule has 1 aliphatic rings. The van der Waals surface area contributed by atoms with Crippen molar-refractivity contribution in [2.45, 2.75) is 52.6 Å². The van der Waals surface area contributed by atoms with Crippen molar-refractivity contribution in [3.63, 3.8) is 0 Å². The van der Waals surface area contributed by atoms with Gasteiger partial charge >= 0.3 is 0 Å². The fourth-order valence-electron chi connectivity index (χ4n) is 3.20. The molecule has 18 heavy (non-hydrogen) atoms. The van der Waals surface area contributed by atoms with Crippen LogP contribution in [0.5, 0.6) is 0 Å². The van der Waals surface area contributed by atoms with Crippen molar-refractivity contribution in [1.29, 1.82) is 0 Å². The molecule has 2 rings (SSSR count). The lowest BCUT2D eigenvalue weighted by molar-refractivity contribution is -0.00426. The third kappa shape index (κ3) is 2.36. The van der Waals surface area contributed by atoms with Crippen LogP contribution >= 0.6 is 11.3 Å². The van der Waals surface area contributed by atoms with Crippen LogP contribution in [-0.4, -0.2) is 17.8 Å². The van der Waals surface area contributed by atoms with E-state index in [2.05, 4.69) is 32.9 Å². The highest BCUT2D eigenvalue weighted by Gasteiger charge is 2.50. The number of hydrogen-bond acceptors (Lipinski definition) is 3. The van der Waals surface area contributed by atoms with Crippen molar-refractivity contribution < 1.29 is 5.11 Å². The molecule has 3 heteroatoms. The molecule has 1 aliphatic carbocycles. The van der Waals surface area contributed by atoms with Gasteiger partial charge in [0.1, 0.15) is 0 Å². The first-order valence-corrected chi connectivity index (χ1v) is 7.71. The molecule has 2 unspecified atom stereocenters. The Morgan fingerprint density at radius 1 is 1.33 bits per heavy atom. The Bertz CT molecular complexity index is 412. The molecule has 1 aromatic heterocycles. The number of nitrogens with two attached hydrogens (primary N) is 1. The molecule has 0 saturated heterocycles. The van der Waals surface area contributed by atoms with Gasteiger partial charge in [-0.2, -0.15) is 0 Å². The van der Waals surface area contributed by atoms with Crippen LogP contribution in [0.4, 0.5) is 0 Å². The molecule has 0 aromatic carbocycles. The van der Waals surface area contributed by atoms with Gasteiger partial charge in [-0.3, -0.25) is 0 Å². The van der Waals surface area contributed by atoms with Crippen LogP contribution in [-0.2, 0) is 12.8 Å². The first-order valence-electron chi connectivity index (χ1n) is 6.89. The van der Waals surface area contributed by atoms with Crippen molar-refractivity contribution in [1.82, 2.24) is 0 Å².